The number of carbonyl (C=O) groups is 1. The number of hydrogen-bond donors (Lipinski definition) is 1. The first-order valence-corrected chi connectivity index (χ1v) is 12.2. The molecule has 0 bridgehead atoms. The normalized spacial score (nSPS) is 11.9. The minimum atomic E-state index is -1.89. The van der Waals surface area contributed by atoms with Gasteiger partial charge in [-0.05, 0) is 30.7 Å². The maximum atomic E-state index is 11.8. The molecule has 0 aliphatic rings. The van der Waals surface area contributed by atoms with Crippen molar-refractivity contribution < 1.29 is 4.79 Å². The minimum absolute atomic E-state index is 0.205. The van der Waals surface area contributed by atoms with Crippen LogP contribution in [0.1, 0.15) is 57.7 Å². The number of carbonyl (C=O) groups excluding carboxylic acids is 1. The van der Waals surface area contributed by atoms with Gasteiger partial charge in [0.1, 0.15) is 19.5 Å². The van der Waals surface area contributed by atoms with E-state index in [1.165, 1.54) is 0 Å². The molecule has 28 heavy (non-hydrogen) atoms. The number of amides is 1. The van der Waals surface area contributed by atoms with E-state index in [2.05, 4.69) is 67.9 Å². The van der Waals surface area contributed by atoms with Crippen LogP contribution in [-0.4, -0.2) is 63.1 Å². The molecule has 6 nitrogen and oxygen atoms in total. The lowest BCUT2D eigenvalue weighted by molar-refractivity contribution is 0.0995. The molecular formula is C21H37N5OSi. The molecule has 0 aliphatic heterocycles. The molecule has 1 heterocycles. The van der Waals surface area contributed by atoms with Crippen LogP contribution in [0.15, 0.2) is 6.07 Å². The lowest BCUT2D eigenvalue weighted by Gasteiger charge is -2.38. The fourth-order valence-corrected chi connectivity index (χ4v) is 9.06. The first kappa shape index (κ1) is 24.1. The highest BCUT2D eigenvalue weighted by Gasteiger charge is 2.41. The molecule has 0 atom stereocenters. The van der Waals surface area contributed by atoms with E-state index < -0.39 is 14.0 Å². The Bertz CT molecular complexity index is 712. The maximum Gasteiger partial charge on any atom is 0.267 e. The monoisotopic (exact) mass is 403 g/mol. The van der Waals surface area contributed by atoms with Crippen molar-refractivity contribution in [2.75, 3.05) is 39.1 Å². The Morgan fingerprint density at radius 3 is 2.00 bits per heavy atom. The van der Waals surface area contributed by atoms with Crippen molar-refractivity contribution in [2.24, 2.45) is 5.73 Å². The van der Waals surface area contributed by atoms with E-state index in [1.807, 2.05) is 26.0 Å². The van der Waals surface area contributed by atoms with Crippen molar-refractivity contribution in [1.29, 1.82) is 0 Å². The first-order valence-electron chi connectivity index (χ1n) is 9.99. The van der Waals surface area contributed by atoms with Crippen LogP contribution >= 0.6 is 0 Å². The van der Waals surface area contributed by atoms with Gasteiger partial charge in [0.25, 0.3) is 5.91 Å². The van der Waals surface area contributed by atoms with E-state index >= 15 is 0 Å². The summed E-state index contributed by atoms with van der Waals surface area (Å²) in [6.07, 6.45) is 0. The Labute approximate surface area is 171 Å². The highest BCUT2D eigenvalue weighted by atomic mass is 28.3. The summed E-state index contributed by atoms with van der Waals surface area (Å²) in [4.78, 5) is 24.7. The molecule has 1 rings (SSSR count). The standard InChI is InChI=1S/C21H37N5OSi/c1-15(2)28(16(3)4,17(5)6)13-10-18-14-19(20(22)27)24-21(23-18)26(9)12-11-25(7)8/h14-17H,11-12H2,1-9H3,(H2,22,27). The molecule has 0 saturated carbocycles. The number of nitrogens with two attached hydrogens (primary N) is 1. The number of hydrogen-bond acceptors (Lipinski definition) is 5. The van der Waals surface area contributed by atoms with Crippen molar-refractivity contribution >= 4 is 19.9 Å². The number of rotatable bonds is 8. The molecule has 7 heteroatoms. The number of primary amides is 1. The zero-order valence-electron chi connectivity index (χ0n) is 19.0. The highest BCUT2D eigenvalue weighted by molar-refractivity contribution is 6.90. The predicted molar refractivity (Wildman–Crippen MR) is 120 cm³/mol. The van der Waals surface area contributed by atoms with Crippen LogP contribution in [0.25, 0.3) is 0 Å². The van der Waals surface area contributed by atoms with Crippen LogP contribution in [0.4, 0.5) is 5.95 Å². The zero-order valence-corrected chi connectivity index (χ0v) is 20.0. The van der Waals surface area contributed by atoms with Crippen molar-refractivity contribution in [2.45, 2.75) is 58.2 Å². The molecule has 0 aromatic carbocycles. The number of aromatic nitrogens is 2. The summed E-state index contributed by atoms with van der Waals surface area (Å²) in [5.41, 5.74) is 11.5. The Hall–Kier alpha value is -1.91. The maximum absolute atomic E-state index is 11.8. The van der Waals surface area contributed by atoms with E-state index in [0.717, 1.165) is 13.1 Å². The van der Waals surface area contributed by atoms with Gasteiger partial charge in [-0.1, -0.05) is 47.5 Å². The van der Waals surface area contributed by atoms with Crippen LogP contribution in [0.5, 0.6) is 0 Å². The zero-order chi connectivity index (χ0) is 21.6. The molecule has 1 amide bonds. The third-order valence-electron chi connectivity index (χ3n) is 5.46. The van der Waals surface area contributed by atoms with Crippen LogP contribution in [-0.2, 0) is 0 Å². The number of likely N-dealkylation sites (N-methyl/N-ethyl adjacent to an activating group) is 2. The SMILES string of the molecule is CC(C)[Si](C#Cc1cc(C(N)=O)nc(N(C)CCN(C)C)n1)(C(C)C)C(C)C. The lowest BCUT2D eigenvalue weighted by atomic mass is 10.3. The van der Waals surface area contributed by atoms with Crippen molar-refractivity contribution in [3.63, 3.8) is 0 Å². The largest absolute Gasteiger partial charge is 0.364 e. The highest BCUT2D eigenvalue weighted by Crippen LogP contribution is 2.40. The van der Waals surface area contributed by atoms with Gasteiger partial charge >= 0.3 is 0 Å². The molecule has 0 radical (unpaired) electrons. The van der Waals surface area contributed by atoms with E-state index in [4.69, 9.17) is 5.73 Å². The Kier molecular flexibility index (Phi) is 8.65. The smallest absolute Gasteiger partial charge is 0.267 e. The Morgan fingerprint density at radius 1 is 1.04 bits per heavy atom. The second-order valence-corrected chi connectivity index (χ2v) is 14.3. The predicted octanol–water partition coefficient (Wildman–Crippen LogP) is 3.14. The van der Waals surface area contributed by atoms with Gasteiger partial charge in [-0.3, -0.25) is 4.79 Å². The topological polar surface area (TPSA) is 75.4 Å². The lowest BCUT2D eigenvalue weighted by Crippen LogP contribution is -2.43. The van der Waals surface area contributed by atoms with Crippen LogP contribution in [0.2, 0.25) is 16.6 Å². The average molecular weight is 404 g/mol. The average Bonchev–Trinajstić information content (AvgIpc) is 2.58. The van der Waals surface area contributed by atoms with E-state index in [9.17, 15) is 4.79 Å². The minimum Gasteiger partial charge on any atom is -0.364 e. The van der Waals surface area contributed by atoms with Gasteiger partial charge in [0, 0.05) is 26.2 Å². The van der Waals surface area contributed by atoms with Crippen molar-refractivity contribution in [1.82, 2.24) is 14.9 Å². The van der Waals surface area contributed by atoms with E-state index in [1.54, 1.807) is 6.07 Å². The van der Waals surface area contributed by atoms with E-state index in [-0.39, 0.29) is 5.69 Å². The quantitative estimate of drug-likeness (QED) is 0.533. The number of nitrogens with zero attached hydrogens (tertiary/aromatic N) is 4. The molecule has 156 valence electrons. The second-order valence-electron chi connectivity index (χ2n) is 8.67. The summed E-state index contributed by atoms with van der Waals surface area (Å²) >= 11 is 0. The summed E-state index contributed by atoms with van der Waals surface area (Å²) in [7, 11) is 4.05. The molecule has 1 aromatic rings. The number of anilines is 1. The van der Waals surface area contributed by atoms with Gasteiger partial charge in [0.2, 0.25) is 5.95 Å². The van der Waals surface area contributed by atoms with Gasteiger partial charge < -0.3 is 15.5 Å². The fourth-order valence-electron chi connectivity index (χ4n) is 3.85. The third kappa shape index (κ3) is 5.79. The van der Waals surface area contributed by atoms with Gasteiger partial charge in [0.05, 0.1) is 0 Å². The van der Waals surface area contributed by atoms with Gasteiger partial charge in [0.15, 0.2) is 0 Å². The van der Waals surface area contributed by atoms with Crippen molar-refractivity contribution in [3.8, 4) is 11.5 Å². The fraction of sp³-hybridized carbons (Fsp3) is 0.667. The van der Waals surface area contributed by atoms with E-state index in [0.29, 0.717) is 28.3 Å². The van der Waals surface area contributed by atoms with Crippen LogP contribution in [0, 0.1) is 11.5 Å². The van der Waals surface area contributed by atoms with Crippen LogP contribution in [0.3, 0.4) is 0 Å². The molecule has 0 unspecified atom stereocenters. The summed E-state index contributed by atoms with van der Waals surface area (Å²) in [5.74, 6) is 3.22. The molecule has 0 saturated heterocycles. The Balaban J connectivity index is 3.41. The summed E-state index contributed by atoms with van der Waals surface area (Å²) in [5, 5.41) is 0. The Morgan fingerprint density at radius 2 is 1.57 bits per heavy atom. The van der Waals surface area contributed by atoms with Crippen molar-refractivity contribution in [3.05, 3.63) is 17.5 Å². The van der Waals surface area contributed by atoms with Crippen LogP contribution < -0.4 is 10.6 Å². The molecule has 0 fully saturated rings. The van der Waals surface area contributed by atoms with Gasteiger partial charge in [-0.25, -0.2) is 9.97 Å². The first-order chi connectivity index (χ1) is 12.9. The molecule has 0 aliphatic carbocycles. The summed E-state index contributed by atoms with van der Waals surface area (Å²) in [6.45, 7) is 15.2. The van der Waals surface area contributed by atoms with Gasteiger partial charge in [-0.2, -0.15) is 0 Å². The second kappa shape index (κ2) is 10.0. The summed E-state index contributed by atoms with van der Waals surface area (Å²) < 4.78 is 0. The van der Waals surface area contributed by atoms with Gasteiger partial charge in [-0.15, -0.1) is 5.54 Å². The summed E-state index contributed by atoms with van der Waals surface area (Å²) in [6, 6.07) is 1.61. The molecule has 1 aromatic heterocycles. The molecule has 0 spiro atoms. The molecule has 2 N–H and O–H groups in total. The third-order valence-corrected chi connectivity index (χ3v) is 11.8. The molecular weight excluding hydrogens is 366 g/mol.